The number of hydrogen-bond donors (Lipinski definition) is 2. The Labute approximate surface area is 157 Å². The van der Waals surface area contributed by atoms with Crippen molar-refractivity contribution >= 4 is 39.5 Å². The molecule has 0 aliphatic carbocycles. The molecule has 0 bridgehead atoms. The molecular formula is C15H21ClN4O5S. The minimum Gasteiger partial charge on any atom is -0.468 e. The highest BCUT2D eigenvalue weighted by atomic mass is 35.5. The molecule has 0 spiro atoms. The summed E-state index contributed by atoms with van der Waals surface area (Å²) in [6.45, 7) is 2.10. The first-order chi connectivity index (χ1) is 12.2. The lowest BCUT2D eigenvalue weighted by Crippen LogP contribution is -2.55. The van der Waals surface area contributed by atoms with Crippen LogP contribution in [-0.2, 0) is 19.7 Å². The van der Waals surface area contributed by atoms with Crippen molar-refractivity contribution in [2.45, 2.75) is 13.0 Å². The van der Waals surface area contributed by atoms with Gasteiger partial charge in [0.25, 0.3) is 10.2 Å². The highest BCUT2D eigenvalue weighted by molar-refractivity contribution is 7.87. The van der Waals surface area contributed by atoms with Gasteiger partial charge in [0.2, 0.25) is 0 Å². The van der Waals surface area contributed by atoms with Crippen LogP contribution in [0.1, 0.15) is 6.92 Å². The molecule has 0 unspecified atom stereocenters. The van der Waals surface area contributed by atoms with Gasteiger partial charge < -0.3 is 15.0 Å². The van der Waals surface area contributed by atoms with E-state index in [0.717, 1.165) is 0 Å². The Balaban J connectivity index is 1.88. The fraction of sp³-hybridized carbons (Fsp3) is 0.467. The summed E-state index contributed by atoms with van der Waals surface area (Å²) in [6.07, 6.45) is 0. The number of methoxy groups -OCH3 is 1. The van der Waals surface area contributed by atoms with Crippen molar-refractivity contribution in [1.82, 2.24) is 13.9 Å². The molecule has 2 rings (SSSR count). The van der Waals surface area contributed by atoms with E-state index in [1.165, 1.54) is 23.2 Å². The van der Waals surface area contributed by atoms with Gasteiger partial charge in [0.15, 0.2) is 0 Å². The van der Waals surface area contributed by atoms with E-state index in [1.54, 1.807) is 24.3 Å². The molecule has 1 heterocycles. The summed E-state index contributed by atoms with van der Waals surface area (Å²) in [5.41, 5.74) is 0.600. The van der Waals surface area contributed by atoms with Crippen LogP contribution in [0.3, 0.4) is 0 Å². The van der Waals surface area contributed by atoms with E-state index in [-0.39, 0.29) is 32.2 Å². The number of urea groups is 1. The lowest BCUT2D eigenvalue weighted by atomic mass is 10.3. The Bertz CT molecular complexity index is 748. The van der Waals surface area contributed by atoms with E-state index in [4.69, 9.17) is 11.6 Å². The summed E-state index contributed by atoms with van der Waals surface area (Å²) < 4.78 is 32.5. The van der Waals surface area contributed by atoms with Crippen molar-refractivity contribution in [1.29, 1.82) is 0 Å². The number of halogens is 1. The van der Waals surface area contributed by atoms with Crippen molar-refractivity contribution in [2.24, 2.45) is 0 Å². The smallest absolute Gasteiger partial charge is 0.323 e. The van der Waals surface area contributed by atoms with Crippen LogP contribution in [0.25, 0.3) is 0 Å². The zero-order valence-corrected chi connectivity index (χ0v) is 16.0. The molecular weight excluding hydrogens is 384 g/mol. The second-order valence-corrected chi connectivity index (χ2v) is 7.83. The number of amides is 2. The fourth-order valence-corrected chi connectivity index (χ4v) is 3.85. The first kappa shape index (κ1) is 20.4. The Morgan fingerprint density at radius 3 is 2.27 bits per heavy atom. The molecule has 1 fully saturated rings. The minimum atomic E-state index is -3.84. The zero-order chi connectivity index (χ0) is 19.3. The van der Waals surface area contributed by atoms with Crippen LogP contribution in [-0.4, -0.2) is 69.0 Å². The maximum absolute atomic E-state index is 12.3. The Kier molecular flexibility index (Phi) is 6.81. The predicted octanol–water partition coefficient (Wildman–Crippen LogP) is 0.885. The number of nitrogens with zero attached hydrogens (tertiary/aromatic N) is 2. The van der Waals surface area contributed by atoms with Gasteiger partial charge in [-0.1, -0.05) is 11.6 Å². The molecule has 2 N–H and O–H groups in total. The van der Waals surface area contributed by atoms with Crippen LogP contribution in [0.5, 0.6) is 0 Å². The average Bonchev–Trinajstić information content (AvgIpc) is 2.62. The Morgan fingerprint density at radius 2 is 1.73 bits per heavy atom. The zero-order valence-electron chi connectivity index (χ0n) is 14.4. The van der Waals surface area contributed by atoms with E-state index < -0.39 is 22.2 Å². The molecule has 0 saturated carbocycles. The number of piperazine rings is 1. The van der Waals surface area contributed by atoms with E-state index in [9.17, 15) is 18.0 Å². The van der Waals surface area contributed by atoms with Crippen LogP contribution in [0.15, 0.2) is 24.3 Å². The van der Waals surface area contributed by atoms with E-state index in [0.29, 0.717) is 10.7 Å². The number of nitrogens with one attached hydrogen (secondary N) is 2. The van der Waals surface area contributed by atoms with Gasteiger partial charge in [-0.05, 0) is 31.2 Å². The van der Waals surface area contributed by atoms with Crippen molar-refractivity contribution in [3.63, 3.8) is 0 Å². The van der Waals surface area contributed by atoms with Gasteiger partial charge >= 0.3 is 12.0 Å². The van der Waals surface area contributed by atoms with Crippen molar-refractivity contribution in [2.75, 3.05) is 38.6 Å². The third kappa shape index (κ3) is 5.31. The van der Waals surface area contributed by atoms with Crippen LogP contribution in [0, 0.1) is 0 Å². The average molecular weight is 405 g/mol. The topological polar surface area (TPSA) is 108 Å². The number of carbonyl (C=O) groups excluding carboxylic acids is 2. The molecule has 1 aromatic carbocycles. The first-order valence-corrected chi connectivity index (χ1v) is 9.71. The molecule has 11 heteroatoms. The first-order valence-electron chi connectivity index (χ1n) is 7.89. The summed E-state index contributed by atoms with van der Waals surface area (Å²) in [5, 5.41) is 3.30. The third-order valence-electron chi connectivity index (χ3n) is 3.84. The lowest BCUT2D eigenvalue weighted by molar-refractivity contribution is -0.142. The molecule has 0 aromatic heterocycles. The summed E-state index contributed by atoms with van der Waals surface area (Å²) in [6, 6.07) is 5.38. The number of ether oxygens (including phenoxy) is 1. The van der Waals surface area contributed by atoms with E-state index in [2.05, 4.69) is 14.8 Å². The van der Waals surface area contributed by atoms with E-state index >= 15 is 0 Å². The molecule has 0 radical (unpaired) electrons. The van der Waals surface area contributed by atoms with Gasteiger partial charge in [0.05, 0.1) is 7.11 Å². The third-order valence-corrected chi connectivity index (χ3v) is 5.79. The Hall–Kier alpha value is -1.88. The quantitative estimate of drug-likeness (QED) is 0.708. The highest BCUT2D eigenvalue weighted by Gasteiger charge is 2.31. The van der Waals surface area contributed by atoms with Crippen LogP contribution in [0.2, 0.25) is 5.02 Å². The van der Waals surface area contributed by atoms with Crippen LogP contribution < -0.4 is 10.0 Å². The highest BCUT2D eigenvalue weighted by Crippen LogP contribution is 2.15. The van der Waals surface area contributed by atoms with Gasteiger partial charge in [0, 0.05) is 36.9 Å². The summed E-state index contributed by atoms with van der Waals surface area (Å²) in [7, 11) is -2.66. The van der Waals surface area contributed by atoms with Crippen LogP contribution in [0.4, 0.5) is 10.5 Å². The van der Waals surface area contributed by atoms with Crippen LogP contribution >= 0.6 is 11.6 Å². The molecule has 2 amide bonds. The number of rotatable bonds is 5. The van der Waals surface area contributed by atoms with Gasteiger partial charge in [-0.2, -0.15) is 17.4 Å². The maximum Gasteiger partial charge on any atom is 0.323 e. The standard InChI is InChI=1S/C15H21ClN4O5S/c1-11(14(21)25-2)18-26(23,24)20-9-7-19(8-10-20)15(22)17-13-5-3-12(16)4-6-13/h3-6,11,18H,7-10H2,1-2H3,(H,17,22)/t11-/m1/s1. The largest absolute Gasteiger partial charge is 0.468 e. The molecule has 1 atom stereocenters. The SMILES string of the molecule is COC(=O)[C@@H](C)NS(=O)(=O)N1CCN(C(=O)Nc2ccc(Cl)cc2)CC1. The maximum atomic E-state index is 12.3. The summed E-state index contributed by atoms with van der Waals surface area (Å²) >= 11 is 5.80. The number of carbonyl (C=O) groups is 2. The molecule has 1 aliphatic heterocycles. The van der Waals surface area contributed by atoms with Crippen molar-refractivity contribution < 1.29 is 22.7 Å². The minimum absolute atomic E-state index is 0.122. The lowest BCUT2D eigenvalue weighted by Gasteiger charge is -2.34. The summed E-state index contributed by atoms with van der Waals surface area (Å²) in [5.74, 6) is -0.672. The number of esters is 1. The van der Waals surface area contributed by atoms with Crippen molar-refractivity contribution in [3.8, 4) is 0 Å². The molecule has 26 heavy (non-hydrogen) atoms. The monoisotopic (exact) mass is 404 g/mol. The molecule has 9 nitrogen and oxygen atoms in total. The molecule has 144 valence electrons. The van der Waals surface area contributed by atoms with Crippen molar-refractivity contribution in [3.05, 3.63) is 29.3 Å². The van der Waals surface area contributed by atoms with Gasteiger partial charge in [0.1, 0.15) is 6.04 Å². The number of hydrogen-bond acceptors (Lipinski definition) is 5. The normalized spacial score (nSPS) is 16.8. The molecule has 1 aliphatic rings. The predicted molar refractivity (Wildman–Crippen MR) is 97.2 cm³/mol. The second-order valence-electron chi connectivity index (χ2n) is 5.69. The summed E-state index contributed by atoms with van der Waals surface area (Å²) in [4.78, 5) is 25.1. The van der Waals surface area contributed by atoms with Gasteiger partial charge in [-0.3, -0.25) is 4.79 Å². The number of anilines is 1. The second kappa shape index (κ2) is 8.67. The van der Waals surface area contributed by atoms with E-state index in [1.807, 2.05) is 0 Å². The fourth-order valence-electron chi connectivity index (χ4n) is 2.39. The molecule has 1 aromatic rings. The molecule has 1 saturated heterocycles. The Morgan fingerprint density at radius 1 is 1.15 bits per heavy atom. The van der Waals surface area contributed by atoms with Gasteiger partial charge in [-0.15, -0.1) is 0 Å². The van der Waals surface area contributed by atoms with Gasteiger partial charge in [-0.25, -0.2) is 4.79 Å². The number of benzene rings is 1.